The van der Waals surface area contributed by atoms with Crippen LogP contribution in [0.5, 0.6) is 0 Å². The van der Waals surface area contributed by atoms with Gasteiger partial charge in [-0.2, -0.15) is 5.21 Å². The summed E-state index contributed by atoms with van der Waals surface area (Å²) in [6.07, 6.45) is 7.27. The molecule has 4 rings (SSSR count). The van der Waals surface area contributed by atoms with Crippen molar-refractivity contribution < 1.29 is 0 Å². The van der Waals surface area contributed by atoms with Gasteiger partial charge in [0.1, 0.15) is 5.82 Å². The Morgan fingerprint density at radius 2 is 2.04 bits per heavy atom. The molecule has 7 heteroatoms. The summed E-state index contributed by atoms with van der Waals surface area (Å²) in [4.78, 5) is 8.64. The highest BCUT2D eigenvalue weighted by Gasteiger charge is 2.12. The number of hydrogen-bond acceptors (Lipinski definition) is 5. The van der Waals surface area contributed by atoms with Gasteiger partial charge in [-0.25, -0.2) is 4.98 Å². The number of nitrogens with one attached hydrogen (secondary N) is 1. The molecule has 112 valence electrons. The molecule has 0 aliphatic rings. The number of nitrogens with zero attached hydrogens (tertiary/aromatic N) is 6. The number of H-pyrrole nitrogens is 1. The van der Waals surface area contributed by atoms with Crippen molar-refractivity contribution in [1.82, 2.24) is 35.2 Å². The van der Waals surface area contributed by atoms with Crippen LogP contribution in [0.2, 0.25) is 0 Å². The summed E-state index contributed by atoms with van der Waals surface area (Å²) in [7, 11) is 0. The number of aromatic nitrogens is 7. The van der Waals surface area contributed by atoms with E-state index in [9.17, 15) is 0 Å². The topological polar surface area (TPSA) is 85.2 Å². The molecule has 0 fully saturated rings. The normalized spacial score (nSPS) is 10.8. The van der Waals surface area contributed by atoms with Crippen molar-refractivity contribution in [2.24, 2.45) is 0 Å². The Morgan fingerprint density at radius 1 is 1.09 bits per heavy atom. The first-order valence-corrected chi connectivity index (χ1v) is 7.11. The van der Waals surface area contributed by atoms with Crippen LogP contribution in [0.4, 0.5) is 0 Å². The van der Waals surface area contributed by atoms with Crippen molar-refractivity contribution in [3.63, 3.8) is 0 Å². The van der Waals surface area contributed by atoms with Gasteiger partial charge in [-0.15, -0.1) is 10.2 Å². The predicted octanol–water partition coefficient (Wildman–Crippen LogP) is 2.42. The van der Waals surface area contributed by atoms with Gasteiger partial charge in [0, 0.05) is 35.9 Å². The average Bonchev–Trinajstić information content (AvgIpc) is 3.28. The zero-order valence-corrected chi connectivity index (χ0v) is 12.4. The number of hydrogen-bond donors (Lipinski definition) is 1. The van der Waals surface area contributed by atoms with Crippen LogP contribution in [0.1, 0.15) is 5.56 Å². The molecule has 3 heterocycles. The monoisotopic (exact) mass is 303 g/mol. The second kappa shape index (κ2) is 5.45. The van der Waals surface area contributed by atoms with E-state index in [0.29, 0.717) is 5.82 Å². The maximum absolute atomic E-state index is 4.47. The highest BCUT2D eigenvalue weighted by molar-refractivity contribution is 5.64. The lowest BCUT2D eigenvalue weighted by atomic mass is 10.1. The number of imidazole rings is 1. The molecule has 0 saturated carbocycles. The van der Waals surface area contributed by atoms with Crippen LogP contribution in [0.15, 0.2) is 55.1 Å². The molecule has 0 spiro atoms. The van der Waals surface area contributed by atoms with E-state index in [0.717, 1.165) is 28.2 Å². The van der Waals surface area contributed by atoms with E-state index in [-0.39, 0.29) is 0 Å². The van der Waals surface area contributed by atoms with Gasteiger partial charge in [-0.3, -0.25) is 9.55 Å². The first-order valence-electron chi connectivity index (χ1n) is 7.11. The summed E-state index contributed by atoms with van der Waals surface area (Å²) >= 11 is 0. The summed E-state index contributed by atoms with van der Waals surface area (Å²) in [5.74, 6) is 1.40. The minimum atomic E-state index is 0.564. The van der Waals surface area contributed by atoms with Crippen molar-refractivity contribution in [3.8, 4) is 28.5 Å². The van der Waals surface area contributed by atoms with E-state index in [2.05, 4.69) is 37.5 Å². The zero-order chi connectivity index (χ0) is 15.6. The van der Waals surface area contributed by atoms with Crippen LogP contribution >= 0.6 is 0 Å². The van der Waals surface area contributed by atoms with Gasteiger partial charge in [0.15, 0.2) is 0 Å². The quantitative estimate of drug-likeness (QED) is 0.628. The lowest BCUT2D eigenvalue weighted by molar-refractivity contribution is 0.881. The summed E-state index contributed by atoms with van der Waals surface area (Å²) in [5.41, 5.74) is 4.00. The van der Waals surface area contributed by atoms with Crippen molar-refractivity contribution in [2.45, 2.75) is 6.92 Å². The first-order chi connectivity index (χ1) is 11.3. The third-order valence-electron chi connectivity index (χ3n) is 3.63. The Balaban J connectivity index is 1.86. The van der Waals surface area contributed by atoms with Crippen LogP contribution in [0.25, 0.3) is 28.5 Å². The molecular formula is C16H13N7. The molecule has 1 aromatic carbocycles. The first kappa shape index (κ1) is 13.3. The molecule has 3 aromatic heterocycles. The van der Waals surface area contributed by atoms with Gasteiger partial charge in [0.05, 0.1) is 5.69 Å². The van der Waals surface area contributed by atoms with Crippen LogP contribution in [0, 0.1) is 6.92 Å². The Kier molecular flexibility index (Phi) is 3.16. The third kappa shape index (κ3) is 2.38. The van der Waals surface area contributed by atoms with E-state index in [4.69, 9.17) is 0 Å². The second-order valence-corrected chi connectivity index (χ2v) is 5.10. The van der Waals surface area contributed by atoms with Gasteiger partial charge in [0.2, 0.25) is 5.82 Å². The Labute approximate surface area is 132 Å². The van der Waals surface area contributed by atoms with E-state index in [1.54, 1.807) is 18.6 Å². The molecule has 0 radical (unpaired) electrons. The lowest BCUT2D eigenvalue weighted by Gasteiger charge is -2.12. The van der Waals surface area contributed by atoms with Gasteiger partial charge >= 0.3 is 0 Å². The maximum atomic E-state index is 4.47. The molecule has 0 aliphatic heterocycles. The fraction of sp³-hybridized carbons (Fsp3) is 0.0625. The van der Waals surface area contributed by atoms with Gasteiger partial charge in [0.25, 0.3) is 0 Å². The molecule has 0 unspecified atom stereocenters. The molecule has 0 bridgehead atoms. The minimum Gasteiger partial charge on any atom is -0.299 e. The van der Waals surface area contributed by atoms with Gasteiger partial charge in [-0.1, -0.05) is 12.1 Å². The molecule has 0 atom stereocenters. The largest absolute Gasteiger partial charge is 0.299 e. The molecular weight excluding hydrogens is 290 g/mol. The molecule has 0 amide bonds. The van der Waals surface area contributed by atoms with E-state index < -0.39 is 0 Å². The second-order valence-electron chi connectivity index (χ2n) is 5.10. The van der Waals surface area contributed by atoms with Crippen LogP contribution in [0.3, 0.4) is 0 Å². The van der Waals surface area contributed by atoms with E-state index in [1.807, 2.05) is 41.1 Å². The number of aryl methyl sites for hydroxylation is 1. The molecule has 7 nitrogen and oxygen atoms in total. The van der Waals surface area contributed by atoms with Crippen molar-refractivity contribution in [2.75, 3.05) is 0 Å². The highest BCUT2D eigenvalue weighted by atomic mass is 15.5. The SMILES string of the molecule is Cc1ccc(-c2nn[nH]n2)cc1-n1ccnc1-c1cccnc1. The van der Waals surface area contributed by atoms with Gasteiger partial charge < -0.3 is 0 Å². The van der Waals surface area contributed by atoms with Crippen molar-refractivity contribution in [1.29, 1.82) is 0 Å². The van der Waals surface area contributed by atoms with Crippen molar-refractivity contribution in [3.05, 3.63) is 60.7 Å². The summed E-state index contributed by atoms with van der Waals surface area (Å²) in [6.45, 7) is 2.06. The van der Waals surface area contributed by atoms with Gasteiger partial charge in [-0.05, 0) is 35.9 Å². The van der Waals surface area contributed by atoms with Crippen LogP contribution in [-0.2, 0) is 0 Å². The third-order valence-corrected chi connectivity index (χ3v) is 3.63. The Hall–Kier alpha value is -3.35. The smallest absolute Gasteiger partial charge is 0.204 e. The standard InChI is InChI=1S/C16H13N7/c1-11-4-5-12(15-19-21-22-20-15)9-14(11)23-8-7-18-16(23)13-3-2-6-17-10-13/h2-10H,1H3,(H,19,20,21,22). The summed E-state index contributed by atoms with van der Waals surface area (Å²) in [5, 5.41) is 14.2. The number of aromatic amines is 1. The summed E-state index contributed by atoms with van der Waals surface area (Å²) < 4.78 is 2.04. The number of tetrazole rings is 1. The van der Waals surface area contributed by atoms with E-state index >= 15 is 0 Å². The average molecular weight is 303 g/mol. The summed E-state index contributed by atoms with van der Waals surface area (Å²) in [6, 6.07) is 9.93. The number of benzene rings is 1. The maximum Gasteiger partial charge on any atom is 0.204 e. The highest BCUT2D eigenvalue weighted by Crippen LogP contribution is 2.26. The Morgan fingerprint density at radius 3 is 2.83 bits per heavy atom. The lowest BCUT2D eigenvalue weighted by Crippen LogP contribution is -2.00. The molecule has 1 N–H and O–H groups in total. The van der Waals surface area contributed by atoms with E-state index in [1.165, 1.54) is 0 Å². The minimum absolute atomic E-state index is 0.564. The number of pyridine rings is 1. The fourth-order valence-corrected chi connectivity index (χ4v) is 2.50. The van der Waals surface area contributed by atoms with Crippen LogP contribution < -0.4 is 0 Å². The molecule has 0 saturated heterocycles. The molecule has 4 aromatic rings. The molecule has 23 heavy (non-hydrogen) atoms. The number of rotatable bonds is 3. The van der Waals surface area contributed by atoms with Crippen LogP contribution in [-0.4, -0.2) is 35.2 Å². The fourth-order valence-electron chi connectivity index (χ4n) is 2.50. The van der Waals surface area contributed by atoms with Crippen molar-refractivity contribution >= 4 is 0 Å². The Bertz CT molecular complexity index is 926. The zero-order valence-electron chi connectivity index (χ0n) is 12.4. The predicted molar refractivity (Wildman–Crippen MR) is 84.7 cm³/mol. The molecule has 0 aliphatic carbocycles.